The van der Waals surface area contributed by atoms with Gasteiger partial charge in [0.1, 0.15) is 11.9 Å². The number of carbonyl (C=O) groups excluding carboxylic acids is 2. The fraction of sp³-hybridized carbons (Fsp3) is 0.926. The normalized spacial score (nSPS) is 51.1. The molecule has 1 N–H and O–H groups in total. The molecule has 0 amide bonds. The molecule has 31 heavy (non-hydrogen) atoms. The Kier molecular flexibility index (Phi) is 5.48. The topological polar surface area (TPSA) is 63.6 Å². The predicted octanol–water partition coefficient (Wildman–Crippen LogP) is 5.55. The SMILES string of the molecule is CC(=O)OC1CC2[C@@](C)(CCC3C(C)(C)CCC[C@@]32C)C2C[C@H](O)C(C(C)=O)C[C@@]12C. The van der Waals surface area contributed by atoms with Crippen LogP contribution in [-0.2, 0) is 14.3 Å². The van der Waals surface area contributed by atoms with E-state index < -0.39 is 6.10 Å². The number of aliphatic hydroxyl groups excluding tert-OH is 1. The second-order valence-corrected chi connectivity index (χ2v) is 13.1. The van der Waals surface area contributed by atoms with Crippen LogP contribution in [-0.4, -0.2) is 29.1 Å². The van der Waals surface area contributed by atoms with E-state index in [-0.39, 0.29) is 45.9 Å². The molecule has 4 rings (SSSR count). The number of ketones is 1. The summed E-state index contributed by atoms with van der Waals surface area (Å²) in [4.78, 5) is 24.5. The van der Waals surface area contributed by atoms with Gasteiger partial charge in [-0.1, -0.05) is 41.0 Å². The standard InChI is InChI=1S/C27H44O4/c1-16(28)18-15-27(7)21(13-19(18)30)26(6)12-9-20-24(3,4)10-8-11-25(20,5)22(26)14-23(27)31-17(2)29/h18-23,30H,8-15H2,1-7H3/t18?,19-,20?,21?,22?,23?,25-,26-,27+/m0/s1. The molecule has 0 aliphatic heterocycles. The summed E-state index contributed by atoms with van der Waals surface area (Å²) < 4.78 is 6.07. The molecule has 5 unspecified atom stereocenters. The van der Waals surface area contributed by atoms with E-state index in [1.165, 1.54) is 39.0 Å². The molecule has 0 spiro atoms. The Morgan fingerprint density at radius 2 is 1.45 bits per heavy atom. The largest absolute Gasteiger partial charge is 0.462 e. The van der Waals surface area contributed by atoms with Gasteiger partial charge >= 0.3 is 5.97 Å². The average Bonchev–Trinajstić information content (AvgIpc) is 2.63. The monoisotopic (exact) mass is 432 g/mol. The molecule has 0 radical (unpaired) electrons. The van der Waals surface area contributed by atoms with E-state index in [9.17, 15) is 14.7 Å². The first kappa shape index (κ1) is 23.3. The third kappa shape index (κ3) is 3.33. The smallest absolute Gasteiger partial charge is 0.302 e. The molecular weight excluding hydrogens is 388 g/mol. The fourth-order valence-electron chi connectivity index (χ4n) is 9.73. The van der Waals surface area contributed by atoms with Crippen LogP contribution in [0, 0.1) is 45.3 Å². The Bertz CT molecular complexity index is 758. The van der Waals surface area contributed by atoms with E-state index in [0.717, 1.165) is 6.42 Å². The first-order chi connectivity index (χ1) is 14.3. The molecule has 0 aromatic rings. The highest BCUT2D eigenvalue weighted by Gasteiger charge is 2.68. The van der Waals surface area contributed by atoms with Crippen LogP contribution in [0.3, 0.4) is 0 Å². The predicted molar refractivity (Wildman–Crippen MR) is 121 cm³/mol. The Hall–Kier alpha value is -0.900. The Balaban J connectivity index is 1.79. The van der Waals surface area contributed by atoms with Gasteiger partial charge in [0.2, 0.25) is 0 Å². The highest BCUT2D eigenvalue weighted by molar-refractivity contribution is 5.79. The average molecular weight is 433 g/mol. The minimum Gasteiger partial charge on any atom is -0.462 e. The van der Waals surface area contributed by atoms with Gasteiger partial charge in [0, 0.05) is 18.3 Å². The molecule has 0 bridgehead atoms. The number of carbonyl (C=O) groups is 2. The zero-order valence-corrected chi connectivity index (χ0v) is 20.8. The third-order valence-electron chi connectivity index (χ3n) is 11.0. The number of esters is 1. The van der Waals surface area contributed by atoms with E-state index >= 15 is 0 Å². The summed E-state index contributed by atoms with van der Waals surface area (Å²) in [6.45, 7) is 15.3. The van der Waals surface area contributed by atoms with Crippen LogP contribution in [0.25, 0.3) is 0 Å². The number of hydrogen-bond acceptors (Lipinski definition) is 4. The summed E-state index contributed by atoms with van der Waals surface area (Å²) >= 11 is 0. The first-order valence-corrected chi connectivity index (χ1v) is 12.6. The lowest BCUT2D eigenvalue weighted by Crippen LogP contribution is -2.67. The lowest BCUT2D eigenvalue weighted by molar-refractivity contribution is -0.250. The zero-order chi connectivity index (χ0) is 23.0. The molecule has 4 saturated carbocycles. The molecule has 9 atom stereocenters. The molecular formula is C27H44O4. The van der Waals surface area contributed by atoms with Crippen molar-refractivity contribution in [2.24, 2.45) is 45.3 Å². The van der Waals surface area contributed by atoms with Gasteiger partial charge in [-0.3, -0.25) is 9.59 Å². The zero-order valence-electron chi connectivity index (χ0n) is 20.8. The summed E-state index contributed by atoms with van der Waals surface area (Å²) in [5, 5.41) is 11.0. The summed E-state index contributed by atoms with van der Waals surface area (Å²) in [6.07, 6.45) is 7.63. The van der Waals surface area contributed by atoms with Crippen molar-refractivity contribution >= 4 is 11.8 Å². The van der Waals surface area contributed by atoms with Crippen LogP contribution < -0.4 is 0 Å². The Morgan fingerprint density at radius 3 is 2.06 bits per heavy atom. The maximum absolute atomic E-state index is 12.4. The van der Waals surface area contributed by atoms with Gasteiger partial charge in [0.25, 0.3) is 0 Å². The highest BCUT2D eigenvalue weighted by Crippen LogP contribution is 2.73. The van der Waals surface area contributed by atoms with Crippen molar-refractivity contribution in [3.05, 3.63) is 0 Å². The van der Waals surface area contributed by atoms with E-state index in [2.05, 4.69) is 34.6 Å². The number of fused-ring (bicyclic) bond motifs is 5. The quantitative estimate of drug-likeness (QED) is 0.581. The van der Waals surface area contributed by atoms with E-state index in [1.807, 2.05) is 0 Å². The van der Waals surface area contributed by atoms with E-state index in [0.29, 0.717) is 30.1 Å². The van der Waals surface area contributed by atoms with Crippen molar-refractivity contribution in [1.29, 1.82) is 0 Å². The summed E-state index contributed by atoms with van der Waals surface area (Å²) in [5.74, 6) is 0.914. The van der Waals surface area contributed by atoms with Gasteiger partial charge in [-0.15, -0.1) is 0 Å². The van der Waals surface area contributed by atoms with E-state index in [4.69, 9.17) is 4.74 Å². The molecule has 4 nitrogen and oxygen atoms in total. The number of rotatable bonds is 2. The van der Waals surface area contributed by atoms with Crippen LogP contribution in [0.5, 0.6) is 0 Å². The van der Waals surface area contributed by atoms with Gasteiger partial charge in [-0.05, 0) is 85.9 Å². The first-order valence-electron chi connectivity index (χ1n) is 12.6. The Labute approximate surface area is 188 Å². The summed E-state index contributed by atoms with van der Waals surface area (Å²) in [5.41, 5.74) is 0.418. The van der Waals surface area contributed by atoms with Crippen LogP contribution in [0.1, 0.15) is 99.8 Å². The van der Waals surface area contributed by atoms with Crippen molar-refractivity contribution in [3.8, 4) is 0 Å². The van der Waals surface area contributed by atoms with Gasteiger partial charge in [-0.2, -0.15) is 0 Å². The lowest BCUT2D eigenvalue weighted by Gasteiger charge is -2.70. The van der Waals surface area contributed by atoms with Crippen LogP contribution in [0.2, 0.25) is 0 Å². The number of Topliss-reactive ketones (excluding diaryl/α,β-unsaturated/α-hetero) is 1. The van der Waals surface area contributed by atoms with Crippen molar-refractivity contribution in [2.45, 2.75) is 112 Å². The van der Waals surface area contributed by atoms with Crippen molar-refractivity contribution in [2.75, 3.05) is 0 Å². The van der Waals surface area contributed by atoms with Gasteiger partial charge in [0.05, 0.1) is 6.10 Å². The fourth-order valence-corrected chi connectivity index (χ4v) is 9.73. The second-order valence-electron chi connectivity index (χ2n) is 13.1. The molecule has 0 aromatic heterocycles. The molecule has 4 heteroatoms. The third-order valence-corrected chi connectivity index (χ3v) is 11.0. The van der Waals surface area contributed by atoms with Gasteiger partial charge in [-0.25, -0.2) is 0 Å². The Morgan fingerprint density at radius 1 is 0.839 bits per heavy atom. The lowest BCUT2D eigenvalue weighted by atomic mass is 9.35. The molecule has 0 aromatic carbocycles. The minimum absolute atomic E-state index is 0.0609. The van der Waals surface area contributed by atoms with Gasteiger partial charge in [0.15, 0.2) is 0 Å². The maximum Gasteiger partial charge on any atom is 0.302 e. The minimum atomic E-state index is -0.586. The molecule has 0 saturated heterocycles. The highest BCUT2D eigenvalue weighted by atomic mass is 16.5. The van der Waals surface area contributed by atoms with Crippen molar-refractivity contribution < 1.29 is 19.4 Å². The number of hydrogen-bond donors (Lipinski definition) is 1. The second kappa shape index (κ2) is 7.30. The molecule has 4 fully saturated rings. The van der Waals surface area contributed by atoms with Crippen molar-refractivity contribution in [3.63, 3.8) is 0 Å². The van der Waals surface area contributed by atoms with Gasteiger partial charge < -0.3 is 9.84 Å². The van der Waals surface area contributed by atoms with Crippen LogP contribution >= 0.6 is 0 Å². The van der Waals surface area contributed by atoms with E-state index in [1.54, 1.807) is 6.92 Å². The summed E-state index contributed by atoms with van der Waals surface area (Å²) in [7, 11) is 0. The maximum atomic E-state index is 12.4. The number of ether oxygens (including phenoxy) is 1. The molecule has 4 aliphatic carbocycles. The number of aliphatic hydroxyl groups is 1. The summed E-state index contributed by atoms with van der Waals surface area (Å²) in [6, 6.07) is 0. The van der Waals surface area contributed by atoms with Crippen molar-refractivity contribution in [1.82, 2.24) is 0 Å². The molecule has 4 aliphatic rings. The molecule has 176 valence electrons. The van der Waals surface area contributed by atoms with Crippen LogP contribution in [0.4, 0.5) is 0 Å². The van der Waals surface area contributed by atoms with Crippen LogP contribution in [0.15, 0.2) is 0 Å². The molecule has 0 heterocycles.